The first kappa shape index (κ1) is 16.4. The number of halogens is 2. The van der Waals surface area contributed by atoms with Gasteiger partial charge in [-0.25, -0.2) is 0 Å². The van der Waals surface area contributed by atoms with Gasteiger partial charge in [0.1, 0.15) is 5.75 Å². The molecule has 1 amide bonds. The molecule has 5 heteroatoms. The number of amides is 1. The number of hydrogen-bond donors (Lipinski definition) is 1. The van der Waals surface area contributed by atoms with Gasteiger partial charge in [-0.05, 0) is 37.3 Å². The van der Waals surface area contributed by atoms with Crippen LogP contribution in [0, 0.1) is 6.92 Å². The third kappa shape index (κ3) is 4.26. The molecule has 0 atom stereocenters. The van der Waals surface area contributed by atoms with Crippen molar-refractivity contribution >= 4 is 40.9 Å². The Kier molecular flexibility index (Phi) is 5.47. The van der Waals surface area contributed by atoms with Crippen molar-refractivity contribution in [3.05, 3.63) is 63.6 Å². The van der Waals surface area contributed by atoms with E-state index in [-0.39, 0.29) is 5.91 Å². The summed E-state index contributed by atoms with van der Waals surface area (Å²) in [6, 6.07) is 10.8. The van der Waals surface area contributed by atoms with E-state index in [0.717, 1.165) is 11.3 Å². The van der Waals surface area contributed by atoms with E-state index in [9.17, 15) is 4.79 Å². The van der Waals surface area contributed by atoms with Crippen LogP contribution in [0.15, 0.2) is 42.5 Å². The molecule has 0 saturated heterocycles. The van der Waals surface area contributed by atoms with Gasteiger partial charge < -0.3 is 10.1 Å². The van der Waals surface area contributed by atoms with Crippen LogP contribution in [0.3, 0.4) is 0 Å². The third-order valence-corrected chi connectivity index (χ3v) is 3.47. The second-order valence-electron chi connectivity index (χ2n) is 4.70. The van der Waals surface area contributed by atoms with E-state index in [1.165, 1.54) is 13.2 Å². The summed E-state index contributed by atoms with van der Waals surface area (Å²) < 4.78 is 5.22. The van der Waals surface area contributed by atoms with Gasteiger partial charge >= 0.3 is 0 Å². The molecule has 0 aliphatic rings. The van der Waals surface area contributed by atoms with E-state index in [4.69, 9.17) is 27.9 Å². The molecule has 0 fully saturated rings. The third-order valence-electron chi connectivity index (χ3n) is 2.97. The van der Waals surface area contributed by atoms with Gasteiger partial charge in [0.05, 0.1) is 12.1 Å². The number of methoxy groups -OCH3 is 1. The maximum atomic E-state index is 11.9. The molecule has 0 saturated carbocycles. The predicted molar refractivity (Wildman–Crippen MR) is 91.9 cm³/mol. The number of rotatable bonds is 4. The highest BCUT2D eigenvalue weighted by molar-refractivity contribution is 6.36. The van der Waals surface area contributed by atoms with Gasteiger partial charge in [0.25, 0.3) is 0 Å². The largest absolute Gasteiger partial charge is 0.495 e. The van der Waals surface area contributed by atoms with E-state index in [0.29, 0.717) is 21.4 Å². The molecule has 0 aliphatic heterocycles. The summed E-state index contributed by atoms with van der Waals surface area (Å²) in [5.41, 5.74) is 2.50. The van der Waals surface area contributed by atoms with Crippen molar-refractivity contribution in [2.45, 2.75) is 6.92 Å². The summed E-state index contributed by atoms with van der Waals surface area (Å²) in [7, 11) is 1.51. The van der Waals surface area contributed by atoms with Gasteiger partial charge in [-0.1, -0.05) is 40.9 Å². The number of hydrogen-bond acceptors (Lipinski definition) is 2. The van der Waals surface area contributed by atoms with Crippen molar-refractivity contribution in [2.75, 3.05) is 12.4 Å². The Morgan fingerprint density at radius 3 is 2.50 bits per heavy atom. The molecule has 0 bridgehead atoms. The van der Waals surface area contributed by atoms with Crippen LogP contribution in [0.4, 0.5) is 5.69 Å². The topological polar surface area (TPSA) is 38.3 Å². The first-order chi connectivity index (χ1) is 10.5. The number of carbonyl (C=O) groups excluding carboxylic acids is 1. The Labute approximate surface area is 139 Å². The standard InChI is InChI=1S/C17H15Cl2NO2/c1-11-3-6-14(7-4-11)20-16(21)8-5-12-9-13(18)10-15(19)17(12)22-2/h3-10H,1-2H3,(H,20,21)/b8-5+. The van der Waals surface area contributed by atoms with Gasteiger partial charge in [0.2, 0.25) is 5.91 Å². The lowest BCUT2D eigenvalue weighted by Crippen LogP contribution is -2.07. The molecule has 0 aliphatic carbocycles. The number of nitrogens with one attached hydrogen (secondary N) is 1. The highest BCUT2D eigenvalue weighted by atomic mass is 35.5. The molecule has 0 unspecified atom stereocenters. The number of anilines is 1. The quantitative estimate of drug-likeness (QED) is 0.801. The van der Waals surface area contributed by atoms with E-state index in [2.05, 4.69) is 5.32 Å². The van der Waals surface area contributed by atoms with Gasteiger partial charge in [-0.15, -0.1) is 0 Å². The average Bonchev–Trinajstić information content (AvgIpc) is 2.47. The zero-order valence-corrected chi connectivity index (χ0v) is 13.7. The van der Waals surface area contributed by atoms with Crippen LogP contribution in [-0.2, 0) is 4.79 Å². The maximum absolute atomic E-state index is 11.9. The van der Waals surface area contributed by atoms with Crippen molar-refractivity contribution in [1.29, 1.82) is 0 Å². The Morgan fingerprint density at radius 1 is 1.18 bits per heavy atom. The first-order valence-corrected chi connectivity index (χ1v) is 7.34. The second kappa shape index (κ2) is 7.34. The summed E-state index contributed by atoms with van der Waals surface area (Å²) in [6.07, 6.45) is 3.02. The summed E-state index contributed by atoms with van der Waals surface area (Å²) >= 11 is 12.0. The van der Waals surface area contributed by atoms with Crippen LogP contribution in [0.2, 0.25) is 10.0 Å². The fraction of sp³-hybridized carbons (Fsp3) is 0.118. The highest BCUT2D eigenvalue weighted by Gasteiger charge is 2.08. The molecule has 2 aromatic rings. The summed E-state index contributed by atoms with van der Waals surface area (Å²) in [5, 5.41) is 3.65. The van der Waals surface area contributed by atoms with Gasteiger partial charge in [0.15, 0.2) is 0 Å². The number of carbonyl (C=O) groups is 1. The Bertz CT molecular complexity index is 709. The smallest absolute Gasteiger partial charge is 0.248 e. The van der Waals surface area contributed by atoms with Gasteiger partial charge in [0, 0.05) is 22.3 Å². The average molecular weight is 336 g/mol. The molecule has 0 radical (unpaired) electrons. The van der Waals surface area contributed by atoms with Gasteiger partial charge in [-0.2, -0.15) is 0 Å². The molecule has 2 aromatic carbocycles. The van der Waals surface area contributed by atoms with Crippen LogP contribution < -0.4 is 10.1 Å². The molecule has 0 aromatic heterocycles. The molecule has 1 N–H and O–H groups in total. The second-order valence-corrected chi connectivity index (χ2v) is 5.54. The molecule has 0 spiro atoms. The fourth-order valence-electron chi connectivity index (χ4n) is 1.91. The monoisotopic (exact) mass is 335 g/mol. The Balaban J connectivity index is 2.14. The predicted octanol–water partition coefficient (Wildman–Crippen LogP) is 4.96. The minimum absolute atomic E-state index is 0.248. The van der Waals surface area contributed by atoms with Crippen LogP contribution >= 0.6 is 23.2 Å². The maximum Gasteiger partial charge on any atom is 0.248 e. The SMILES string of the molecule is COc1c(Cl)cc(Cl)cc1/C=C/C(=O)Nc1ccc(C)cc1. The molecule has 22 heavy (non-hydrogen) atoms. The number of benzene rings is 2. The first-order valence-electron chi connectivity index (χ1n) is 6.58. The summed E-state index contributed by atoms with van der Waals surface area (Å²) in [5.74, 6) is 0.229. The molecule has 2 rings (SSSR count). The van der Waals surface area contributed by atoms with Crippen molar-refractivity contribution in [2.24, 2.45) is 0 Å². The molecular formula is C17H15Cl2NO2. The minimum Gasteiger partial charge on any atom is -0.495 e. The Hall–Kier alpha value is -1.97. The van der Waals surface area contributed by atoms with Gasteiger partial charge in [-0.3, -0.25) is 4.79 Å². The van der Waals surface area contributed by atoms with Crippen LogP contribution in [0.25, 0.3) is 6.08 Å². The van der Waals surface area contributed by atoms with E-state index in [1.807, 2.05) is 31.2 Å². The van der Waals surface area contributed by atoms with Crippen LogP contribution in [-0.4, -0.2) is 13.0 Å². The van der Waals surface area contributed by atoms with Crippen molar-refractivity contribution < 1.29 is 9.53 Å². The molecule has 3 nitrogen and oxygen atoms in total. The zero-order valence-electron chi connectivity index (χ0n) is 12.2. The lowest BCUT2D eigenvalue weighted by Gasteiger charge is -2.08. The molecule has 0 heterocycles. The minimum atomic E-state index is -0.248. The van der Waals surface area contributed by atoms with Crippen molar-refractivity contribution in [1.82, 2.24) is 0 Å². The van der Waals surface area contributed by atoms with Crippen LogP contribution in [0.5, 0.6) is 5.75 Å². The summed E-state index contributed by atoms with van der Waals surface area (Å²) in [4.78, 5) is 11.9. The van der Waals surface area contributed by atoms with E-state index < -0.39 is 0 Å². The van der Waals surface area contributed by atoms with Crippen molar-refractivity contribution in [3.8, 4) is 5.75 Å². The van der Waals surface area contributed by atoms with Crippen LogP contribution in [0.1, 0.15) is 11.1 Å². The van der Waals surface area contributed by atoms with E-state index in [1.54, 1.807) is 18.2 Å². The lowest BCUT2D eigenvalue weighted by atomic mass is 10.2. The normalized spacial score (nSPS) is 10.7. The van der Waals surface area contributed by atoms with Crippen molar-refractivity contribution in [3.63, 3.8) is 0 Å². The molecular weight excluding hydrogens is 321 g/mol. The summed E-state index contributed by atoms with van der Waals surface area (Å²) in [6.45, 7) is 1.99. The molecule has 114 valence electrons. The highest BCUT2D eigenvalue weighted by Crippen LogP contribution is 2.32. The lowest BCUT2D eigenvalue weighted by molar-refractivity contribution is -0.111. The fourth-order valence-corrected chi connectivity index (χ4v) is 2.49. The Morgan fingerprint density at radius 2 is 1.86 bits per heavy atom. The zero-order chi connectivity index (χ0) is 16.1. The number of ether oxygens (including phenoxy) is 1. The van der Waals surface area contributed by atoms with E-state index >= 15 is 0 Å². The number of aryl methyl sites for hydroxylation is 1.